The van der Waals surface area contributed by atoms with Gasteiger partial charge >= 0.3 is 0 Å². The lowest BCUT2D eigenvalue weighted by atomic mass is 9.67. The van der Waals surface area contributed by atoms with Crippen LogP contribution in [0.4, 0.5) is 0 Å². The molecule has 0 nitrogen and oxygen atoms in total. The average molecular weight is 845 g/mol. The highest BCUT2D eigenvalue weighted by atomic mass is 14.5. The highest BCUT2D eigenvalue weighted by Gasteiger charge is 2.47. The molecular weight excluding hydrogens is 793 g/mol. The van der Waals surface area contributed by atoms with Crippen LogP contribution in [0.2, 0.25) is 0 Å². The van der Waals surface area contributed by atoms with E-state index in [1.54, 1.807) is 0 Å². The molecule has 66 heavy (non-hydrogen) atoms. The van der Waals surface area contributed by atoms with E-state index in [2.05, 4.69) is 235 Å². The standard InChI is InChI=1S/C66H52/c1-41-30-33-54-59(37-41)65(5,36-35-43-17-16-28-58-61(43)53-25-12-13-26-56(53)64(58,3)4)63-52-24-10-9-22-48(52)49-34-31-45(40-55(49)62(54)63)44-18-15-21-47(39-44)66(46-19-7-6-8-20-46)57-27-14-11-23-50(57)51-32-29-42(2)38-60(51)66/h6-34,37-40H,35-36H2,1-5H3. The molecule has 0 saturated carbocycles. The van der Waals surface area contributed by atoms with E-state index in [0.29, 0.717) is 0 Å². The first-order chi connectivity index (χ1) is 32.2. The van der Waals surface area contributed by atoms with Crippen molar-refractivity contribution in [1.29, 1.82) is 0 Å². The van der Waals surface area contributed by atoms with Gasteiger partial charge in [0.15, 0.2) is 0 Å². The van der Waals surface area contributed by atoms with Crippen LogP contribution in [0.15, 0.2) is 200 Å². The molecule has 0 spiro atoms. The molecule has 0 radical (unpaired) electrons. The highest BCUT2D eigenvalue weighted by molar-refractivity contribution is 6.19. The van der Waals surface area contributed by atoms with E-state index in [0.717, 1.165) is 12.8 Å². The van der Waals surface area contributed by atoms with E-state index < -0.39 is 5.41 Å². The zero-order chi connectivity index (χ0) is 44.5. The van der Waals surface area contributed by atoms with E-state index in [1.165, 1.54) is 127 Å². The number of aryl methyl sites for hydroxylation is 3. The van der Waals surface area contributed by atoms with Gasteiger partial charge in [-0.1, -0.05) is 220 Å². The van der Waals surface area contributed by atoms with Crippen LogP contribution in [-0.2, 0) is 22.7 Å². The molecule has 2 atom stereocenters. The lowest BCUT2D eigenvalue weighted by Gasteiger charge is -2.34. The minimum absolute atomic E-state index is 0.0187. The molecule has 0 heterocycles. The second-order valence-electron chi connectivity index (χ2n) is 20.2. The third kappa shape index (κ3) is 5.27. The zero-order valence-corrected chi connectivity index (χ0v) is 38.5. The van der Waals surface area contributed by atoms with Crippen molar-refractivity contribution >= 4 is 21.5 Å². The minimum Gasteiger partial charge on any atom is -0.0622 e. The van der Waals surface area contributed by atoms with Crippen molar-refractivity contribution in [3.05, 3.63) is 261 Å². The zero-order valence-electron chi connectivity index (χ0n) is 38.5. The van der Waals surface area contributed by atoms with E-state index >= 15 is 0 Å². The van der Waals surface area contributed by atoms with Gasteiger partial charge in [-0.15, -0.1) is 0 Å². The van der Waals surface area contributed by atoms with Crippen LogP contribution in [0.1, 0.15) is 88.4 Å². The molecule has 13 rings (SSSR count). The summed E-state index contributed by atoms with van der Waals surface area (Å²) in [6, 6.07) is 76.7. The van der Waals surface area contributed by atoms with Crippen molar-refractivity contribution in [2.45, 2.75) is 63.7 Å². The SMILES string of the molecule is Cc1ccc2c(c1)C(C)(CCc1cccc3c1-c1ccccc1C3(C)C)c1c-2c2cc(-c3cccc(C4(c5ccccc5)c5ccccc5-c5ccc(C)cc54)c3)ccc2c2ccccc12. The maximum Gasteiger partial charge on any atom is 0.0713 e. The van der Waals surface area contributed by atoms with Crippen LogP contribution in [0.3, 0.4) is 0 Å². The molecule has 0 saturated heterocycles. The second-order valence-corrected chi connectivity index (χ2v) is 20.2. The van der Waals surface area contributed by atoms with Gasteiger partial charge in [0, 0.05) is 10.8 Å². The molecular formula is C66H52. The quantitative estimate of drug-likeness (QED) is 0.146. The fourth-order valence-electron chi connectivity index (χ4n) is 13.2. The van der Waals surface area contributed by atoms with Gasteiger partial charge in [0.2, 0.25) is 0 Å². The van der Waals surface area contributed by atoms with E-state index in [9.17, 15) is 0 Å². The lowest BCUT2D eigenvalue weighted by molar-refractivity contribution is 0.536. The summed E-state index contributed by atoms with van der Waals surface area (Å²) >= 11 is 0. The van der Waals surface area contributed by atoms with E-state index in [-0.39, 0.29) is 10.8 Å². The van der Waals surface area contributed by atoms with Crippen molar-refractivity contribution in [3.63, 3.8) is 0 Å². The topological polar surface area (TPSA) is 0 Å². The summed E-state index contributed by atoms with van der Waals surface area (Å²) in [4.78, 5) is 0. The van der Waals surface area contributed by atoms with Gasteiger partial charge in [-0.2, -0.15) is 0 Å². The molecule has 2 unspecified atom stereocenters. The summed E-state index contributed by atoms with van der Waals surface area (Å²) < 4.78 is 0. The third-order valence-corrected chi connectivity index (χ3v) is 16.2. The van der Waals surface area contributed by atoms with E-state index in [4.69, 9.17) is 0 Å². The first-order valence-corrected chi connectivity index (χ1v) is 23.9. The number of fused-ring (bicyclic) bond motifs is 14. The molecule has 10 aromatic carbocycles. The van der Waals surface area contributed by atoms with Gasteiger partial charge in [-0.25, -0.2) is 0 Å². The van der Waals surface area contributed by atoms with Crippen molar-refractivity contribution in [1.82, 2.24) is 0 Å². The number of hydrogen-bond acceptors (Lipinski definition) is 0. The molecule has 0 N–H and O–H groups in total. The largest absolute Gasteiger partial charge is 0.0713 e. The van der Waals surface area contributed by atoms with Gasteiger partial charge < -0.3 is 0 Å². The third-order valence-electron chi connectivity index (χ3n) is 16.2. The first kappa shape index (κ1) is 39.1. The summed E-state index contributed by atoms with van der Waals surface area (Å²) in [5.74, 6) is 0. The predicted octanol–water partition coefficient (Wildman–Crippen LogP) is 16.9. The molecule has 0 fully saturated rings. The van der Waals surface area contributed by atoms with Gasteiger partial charge in [0.25, 0.3) is 0 Å². The molecule has 0 amide bonds. The Hall–Kier alpha value is -7.28. The summed E-state index contributed by atoms with van der Waals surface area (Å²) in [5, 5.41) is 5.35. The molecule has 0 bridgehead atoms. The Morgan fingerprint density at radius 1 is 0.364 bits per heavy atom. The van der Waals surface area contributed by atoms with Gasteiger partial charge in [-0.05, 0) is 155 Å². The van der Waals surface area contributed by atoms with Gasteiger partial charge in [-0.3, -0.25) is 0 Å². The molecule has 0 aliphatic heterocycles. The Morgan fingerprint density at radius 3 is 1.77 bits per heavy atom. The van der Waals surface area contributed by atoms with Gasteiger partial charge in [0.1, 0.15) is 0 Å². The maximum atomic E-state index is 2.55. The summed E-state index contributed by atoms with van der Waals surface area (Å²) in [5.41, 5.74) is 25.2. The van der Waals surface area contributed by atoms with Crippen LogP contribution in [0, 0.1) is 13.8 Å². The Kier molecular flexibility index (Phi) is 8.36. The fraction of sp³-hybridized carbons (Fsp3) is 0.152. The van der Waals surface area contributed by atoms with Crippen LogP contribution >= 0.6 is 0 Å². The van der Waals surface area contributed by atoms with Crippen LogP contribution in [-0.4, -0.2) is 0 Å². The average Bonchev–Trinajstić information content (AvgIpc) is 3.89. The molecule has 0 heteroatoms. The molecule has 10 aromatic rings. The van der Waals surface area contributed by atoms with E-state index in [1.807, 2.05) is 0 Å². The maximum absolute atomic E-state index is 2.55. The smallest absolute Gasteiger partial charge is 0.0622 e. The van der Waals surface area contributed by atoms with Crippen LogP contribution < -0.4 is 0 Å². The lowest BCUT2D eigenvalue weighted by Crippen LogP contribution is -2.28. The first-order valence-electron chi connectivity index (χ1n) is 23.9. The Bertz CT molecular complexity index is 3660. The van der Waals surface area contributed by atoms with Crippen LogP contribution in [0.25, 0.3) is 66.1 Å². The second kappa shape index (κ2) is 14.1. The Labute approximate surface area is 389 Å². The summed E-state index contributed by atoms with van der Waals surface area (Å²) in [6.45, 7) is 11.8. The normalized spacial score (nSPS) is 18.1. The fourth-order valence-corrected chi connectivity index (χ4v) is 13.2. The Balaban J connectivity index is 1.00. The van der Waals surface area contributed by atoms with Crippen LogP contribution in [0.5, 0.6) is 0 Å². The van der Waals surface area contributed by atoms with Crippen molar-refractivity contribution < 1.29 is 0 Å². The molecule has 3 aliphatic rings. The molecule has 316 valence electrons. The molecule has 3 aliphatic carbocycles. The van der Waals surface area contributed by atoms with Crippen molar-refractivity contribution in [2.24, 2.45) is 0 Å². The molecule has 0 aromatic heterocycles. The van der Waals surface area contributed by atoms with Gasteiger partial charge in [0.05, 0.1) is 5.41 Å². The minimum atomic E-state index is -0.459. The van der Waals surface area contributed by atoms with Crippen molar-refractivity contribution in [2.75, 3.05) is 0 Å². The monoisotopic (exact) mass is 844 g/mol. The number of rotatable bonds is 6. The summed E-state index contributed by atoms with van der Waals surface area (Å²) in [7, 11) is 0. The number of hydrogen-bond donors (Lipinski definition) is 0. The number of benzene rings is 10. The van der Waals surface area contributed by atoms with Crippen molar-refractivity contribution in [3.8, 4) is 44.5 Å². The highest BCUT2D eigenvalue weighted by Crippen LogP contribution is 2.59. The predicted molar refractivity (Wildman–Crippen MR) is 278 cm³/mol. The summed E-state index contributed by atoms with van der Waals surface area (Å²) in [6.07, 6.45) is 2.00. The Morgan fingerprint density at radius 2 is 0.955 bits per heavy atom.